The van der Waals surface area contributed by atoms with Crippen LogP contribution >= 0.6 is 11.6 Å². The van der Waals surface area contributed by atoms with Gasteiger partial charge < -0.3 is 10.6 Å². The number of nitrogens with zero attached hydrogens (tertiary/aromatic N) is 1. The topological polar surface area (TPSA) is 44.4 Å². The van der Waals surface area contributed by atoms with E-state index in [1.807, 2.05) is 31.3 Å². The van der Waals surface area contributed by atoms with E-state index >= 15 is 0 Å². The van der Waals surface area contributed by atoms with Crippen LogP contribution < -0.4 is 10.6 Å². The summed E-state index contributed by atoms with van der Waals surface area (Å²) in [5, 5.41) is 7.02. The summed E-state index contributed by atoms with van der Waals surface area (Å²) in [6.45, 7) is 3.06. The molecular formula is C15H22ClN3O. The van der Waals surface area contributed by atoms with E-state index in [0.717, 1.165) is 25.1 Å². The van der Waals surface area contributed by atoms with Crippen LogP contribution in [0, 0.1) is 0 Å². The zero-order chi connectivity index (χ0) is 14.4. The summed E-state index contributed by atoms with van der Waals surface area (Å²) in [7, 11) is 2.01. The maximum atomic E-state index is 11.9. The minimum atomic E-state index is 0.0630. The molecule has 1 atom stereocenters. The fraction of sp³-hybridized carbons (Fsp3) is 0.533. The first-order chi connectivity index (χ1) is 9.65. The molecule has 4 nitrogen and oxygen atoms in total. The molecular weight excluding hydrogens is 274 g/mol. The number of piperidine rings is 1. The van der Waals surface area contributed by atoms with Gasteiger partial charge in [0.25, 0.3) is 0 Å². The molecule has 0 bridgehead atoms. The molecule has 0 spiro atoms. The minimum Gasteiger partial charge on any atom is -0.351 e. The first-order valence-electron chi connectivity index (χ1n) is 7.07. The van der Waals surface area contributed by atoms with Crippen molar-refractivity contribution in [2.75, 3.05) is 26.7 Å². The molecule has 2 rings (SSSR count). The molecule has 1 fully saturated rings. The van der Waals surface area contributed by atoms with Gasteiger partial charge in [0, 0.05) is 24.2 Å². The molecule has 1 aromatic rings. The third kappa shape index (κ3) is 4.78. The Balaban J connectivity index is 1.73. The van der Waals surface area contributed by atoms with Gasteiger partial charge in [-0.25, -0.2) is 0 Å². The molecule has 0 aliphatic carbocycles. The Hall–Kier alpha value is -1.10. The molecule has 1 aromatic carbocycles. The van der Waals surface area contributed by atoms with Gasteiger partial charge in [-0.3, -0.25) is 9.69 Å². The van der Waals surface area contributed by atoms with Crippen LogP contribution in [-0.2, 0) is 11.3 Å². The van der Waals surface area contributed by atoms with Crippen molar-refractivity contribution in [3.05, 3.63) is 34.9 Å². The normalized spacial score (nSPS) is 19.1. The highest BCUT2D eigenvalue weighted by molar-refractivity contribution is 6.30. The van der Waals surface area contributed by atoms with E-state index in [9.17, 15) is 4.79 Å². The van der Waals surface area contributed by atoms with E-state index in [2.05, 4.69) is 15.5 Å². The van der Waals surface area contributed by atoms with Crippen LogP contribution in [-0.4, -0.2) is 43.5 Å². The van der Waals surface area contributed by atoms with Gasteiger partial charge in [-0.05, 0) is 44.1 Å². The number of rotatable bonds is 5. The summed E-state index contributed by atoms with van der Waals surface area (Å²) in [4.78, 5) is 14.1. The molecule has 1 heterocycles. The number of carbonyl (C=O) groups excluding carboxylic acids is 1. The van der Waals surface area contributed by atoms with Gasteiger partial charge in [-0.15, -0.1) is 0 Å². The zero-order valence-corrected chi connectivity index (χ0v) is 12.6. The third-order valence-corrected chi connectivity index (χ3v) is 3.94. The molecule has 20 heavy (non-hydrogen) atoms. The Morgan fingerprint density at radius 1 is 1.45 bits per heavy atom. The second kappa shape index (κ2) is 7.62. The van der Waals surface area contributed by atoms with Crippen LogP contribution in [0.3, 0.4) is 0 Å². The molecule has 110 valence electrons. The molecule has 0 radical (unpaired) electrons. The Labute approximate surface area is 125 Å². The lowest BCUT2D eigenvalue weighted by molar-refractivity contribution is -0.122. The van der Waals surface area contributed by atoms with E-state index in [1.165, 1.54) is 6.42 Å². The van der Waals surface area contributed by atoms with E-state index < -0.39 is 0 Å². The van der Waals surface area contributed by atoms with E-state index in [1.54, 1.807) is 0 Å². The molecule has 1 unspecified atom stereocenters. The number of benzene rings is 1. The van der Waals surface area contributed by atoms with Gasteiger partial charge in [0.2, 0.25) is 5.91 Å². The summed E-state index contributed by atoms with van der Waals surface area (Å²) in [6.07, 6.45) is 2.34. The quantitative estimate of drug-likeness (QED) is 0.868. The van der Waals surface area contributed by atoms with Crippen LogP contribution in [0.5, 0.6) is 0 Å². The average Bonchev–Trinajstić information content (AvgIpc) is 2.47. The highest BCUT2D eigenvalue weighted by Crippen LogP contribution is 2.10. The SMILES string of the molecule is CN(CC(=O)NCc1ccc(Cl)cc1)C1CCCNC1. The monoisotopic (exact) mass is 295 g/mol. The van der Waals surface area contributed by atoms with Crippen molar-refractivity contribution in [1.82, 2.24) is 15.5 Å². The van der Waals surface area contributed by atoms with Gasteiger partial charge in [-0.2, -0.15) is 0 Å². The van der Waals surface area contributed by atoms with Crippen molar-refractivity contribution in [3.8, 4) is 0 Å². The maximum absolute atomic E-state index is 11.9. The predicted octanol–water partition coefficient (Wildman–Crippen LogP) is 1.64. The fourth-order valence-corrected chi connectivity index (χ4v) is 2.55. The van der Waals surface area contributed by atoms with Gasteiger partial charge >= 0.3 is 0 Å². The summed E-state index contributed by atoms with van der Waals surface area (Å²) >= 11 is 5.83. The minimum absolute atomic E-state index is 0.0630. The summed E-state index contributed by atoms with van der Waals surface area (Å²) in [6, 6.07) is 7.99. The van der Waals surface area contributed by atoms with Crippen LogP contribution in [0.1, 0.15) is 18.4 Å². The molecule has 1 amide bonds. The lowest BCUT2D eigenvalue weighted by Gasteiger charge is -2.31. The maximum Gasteiger partial charge on any atom is 0.234 e. The van der Waals surface area contributed by atoms with Crippen molar-refractivity contribution in [2.45, 2.75) is 25.4 Å². The summed E-state index contributed by atoms with van der Waals surface area (Å²) < 4.78 is 0. The summed E-state index contributed by atoms with van der Waals surface area (Å²) in [5.41, 5.74) is 1.06. The van der Waals surface area contributed by atoms with Crippen molar-refractivity contribution in [3.63, 3.8) is 0 Å². The van der Waals surface area contributed by atoms with E-state index in [4.69, 9.17) is 11.6 Å². The van der Waals surface area contributed by atoms with Crippen LogP contribution in [0.2, 0.25) is 5.02 Å². The van der Waals surface area contributed by atoms with E-state index in [0.29, 0.717) is 24.2 Å². The molecule has 0 saturated carbocycles. The average molecular weight is 296 g/mol. The lowest BCUT2D eigenvalue weighted by Crippen LogP contribution is -2.47. The van der Waals surface area contributed by atoms with Crippen molar-refractivity contribution < 1.29 is 4.79 Å². The Kier molecular flexibility index (Phi) is 5.83. The van der Waals surface area contributed by atoms with Crippen molar-refractivity contribution >= 4 is 17.5 Å². The fourth-order valence-electron chi connectivity index (χ4n) is 2.42. The number of halogens is 1. The summed E-state index contributed by atoms with van der Waals surface area (Å²) in [5.74, 6) is 0.0630. The number of hydrogen-bond donors (Lipinski definition) is 2. The second-order valence-electron chi connectivity index (χ2n) is 5.32. The molecule has 0 aromatic heterocycles. The Morgan fingerprint density at radius 3 is 2.85 bits per heavy atom. The van der Waals surface area contributed by atoms with Gasteiger partial charge in [0.15, 0.2) is 0 Å². The first-order valence-corrected chi connectivity index (χ1v) is 7.45. The smallest absolute Gasteiger partial charge is 0.234 e. The standard InChI is InChI=1S/C15H22ClN3O/c1-19(14-3-2-8-17-10-14)11-15(20)18-9-12-4-6-13(16)7-5-12/h4-7,14,17H,2-3,8-11H2,1H3,(H,18,20). The van der Waals surface area contributed by atoms with Crippen molar-refractivity contribution in [2.24, 2.45) is 0 Å². The van der Waals surface area contributed by atoms with Gasteiger partial charge in [-0.1, -0.05) is 23.7 Å². The van der Waals surface area contributed by atoms with Gasteiger partial charge in [0.1, 0.15) is 0 Å². The zero-order valence-electron chi connectivity index (χ0n) is 11.9. The van der Waals surface area contributed by atoms with Crippen LogP contribution in [0.15, 0.2) is 24.3 Å². The highest BCUT2D eigenvalue weighted by atomic mass is 35.5. The van der Waals surface area contributed by atoms with Crippen LogP contribution in [0.4, 0.5) is 0 Å². The van der Waals surface area contributed by atoms with E-state index in [-0.39, 0.29) is 5.91 Å². The van der Waals surface area contributed by atoms with Gasteiger partial charge in [0.05, 0.1) is 6.54 Å². The molecule has 5 heteroatoms. The predicted molar refractivity (Wildman–Crippen MR) is 81.8 cm³/mol. The second-order valence-corrected chi connectivity index (χ2v) is 5.75. The number of carbonyl (C=O) groups is 1. The molecule has 2 N–H and O–H groups in total. The number of amides is 1. The molecule has 1 aliphatic heterocycles. The largest absolute Gasteiger partial charge is 0.351 e. The van der Waals surface area contributed by atoms with Crippen molar-refractivity contribution in [1.29, 1.82) is 0 Å². The Bertz CT molecular complexity index is 429. The molecule has 1 saturated heterocycles. The number of hydrogen-bond acceptors (Lipinski definition) is 3. The lowest BCUT2D eigenvalue weighted by atomic mass is 10.1. The third-order valence-electron chi connectivity index (χ3n) is 3.69. The first kappa shape index (κ1) is 15.3. The molecule has 1 aliphatic rings. The number of nitrogens with one attached hydrogen (secondary N) is 2. The number of likely N-dealkylation sites (N-methyl/N-ethyl adjacent to an activating group) is 1. The Morgan fingerprint density at radius 2 is 2.20 bits per heavy atom. The van der Waals surface area contributed by atoms with Crippen LogP contribution in [0.25, 0.3) is 0 Å². The highest BCUT2D eigenvalue weighted by Gasteiger charge is 2.19.